The maximum atomic E-state index is 12.3. The van der Waals surface area contributed by atoms with Gasteiger partial charge in [0.05, 0.1) is 0 Å². The van der Waals surface area contributed by atoms with Crippen molar-refractivity contribution in [3.63, 3.8) is 0 Å². The molecule has 0 fully saturated rings. The molecule has 2 nitrogen and oxygen atoms in total. The number of anilines is 1. The molecule has 0 unspecified atom stereocenters. The summed E-state index contributed by atoms with van der Waals surface area (Å²) in [5, 5.41) is 3.30. The molecule has 18 heavy (non-hydrogen) atoms. The Balaban J connectivity index is 1.95. The van der Waals surface area contributed by atoms with Crippen LogP contribution in [-0.2, 0) is 6.42 Å². The molecule has 1 heterocycles. The van der Waals surface area contributed by atoms with Gasteiger partial charge in [0, 0.05) is 27.8 Å². The van der Waals surface area contributed by atoms with Crippen LogP contribution in [-0.4, -0.2) is 12.3 Å². The monoisotopic (exact) mass is 301 g/mol. The van der Waals surface area contributed by atoms with E-state index in [1.54, 1.807) is 0 Å². The lowest BCUT2D eigenvalue weighted by Gasteiger charge is -2.05. The van der Waals surface area contributed by atoms with Crippen molar-refractivity contribution in [2.45, 2.75) is 6.42 Å². The van der Waals surface area contributed by atoms with Gasteiger partial charge in [-0.15, -0.1) is 0 Å². The minimum absolute atomic E-state index is 0.0685. The van der Waals surface area contributed by atoms with Crippen molar-refractivity contribution in [2.24, 2.45) is 0 Å². The van der Waals surface area contributed by atoms with Gasteiger partial charge in [-0.3, -0.25) is 4.79 Å². The average Bonchev–Trinajstić information content (AvgIpc) is 2.86. The van der Waals surface area contributed by atoms with E-state index in [0.29, 0.717) is 0 Å². The molecule has 1 aliphatic rings. The van der Waals surface area contributed by atoms with Gasteiger partial charge >= 0.3 is 0 Å². The Morgan fingerprint density at radius 3 is 2.56 bits per heavy atom. The number of hydrogen-bond donors (Lipinski definition) is 1. The average molecular weight is 302 g/mol. The fraction of sp³-hybridized carbons (Fsp3) is 0.133. The van der Waals surface area contributed by atoms with E-state index < -0.39 is 0 Å². The molecule has 0 amide bonds. The summed E-state index contributed by atoms with van der Waals surface area (Å²) in [6.07, 6.45) is 1.04. The Labute approximate surface area is 114 Å². The molecule has 3 rings (SSSR count). The highest BCUT2D eigenvalue weighted by Gasteiger charge is 2.14. The second-order valence-corrected chi connectivity index (χ2v) is 5.30. The van der Waals surface area contributed by atoms with Gasteiger partial charge in [-0.25, -0.2) is 0 Å². The third-order valence-corrected chi connectivity index (χ3v) is 3.72. The van der Waals surface area contributed by atoms with E-state index in [0.717, 1.165) is 34.3 Å². The van der Waals surface area contributed by atoms with Crippen LogP contribution in [0.1, 0.15) is 21.5 Å². The first kappa shape index (κ1) is 11.5. The normalized spacial score (nSPS) is 12.9. The molecule has 0 spiro atoms. The van der Waals surface area contributed by atoms with Crippen molar-refractivity contribution in [2.75, 3.05) is 11.9 Å². The Morgan fingerprint density at radius 1 is 1.06 bits per heavy atom. The van der Waals surface area contributed by atoms with Gasteiger partial charge in [0.1, 0.15) is 0 Å². The van der Waals surface area contributed by atoms with E-state index in [-0.39, 0.29) is 5.78 Å². The van der Waals surface area contributed by atoms with E-state index in [9.17, 15) is 4.79 Å². The van der Waals surface area contributed by atoms with E-state index in [1.165, 1.54) is 5.56 Å². The van der Waals surface area contributed by atoms with E-state index in [4.69, 9.17) is 0 Å². The smallest absolute Gasteiger partial charge is 0.193 e. The van der Waals surface area contributed by atoms with Crippen molar-refractivity contribution in [1.82, 2.24) is 0 Å². The van der Waals surface area contributed by atoms with Crippen LogP contribution in [0.2, 0.25) is 0 Å². The number of hydrogen-bond acceptors (Lipinski definition) is 2. The maximum Gasteiger partial charge on any atom is 0.193 e. The number of carbonyl (C=O) groups excluding carboxylic acids is 1. The largest absolute Gasteiger partial charge is 0.384 e. The number of fused-ring (bicyclic) bond motifs is 1. The highest BCUT2D eigenvalue weighted by Crippen LogP contribution is 2.24. The second-order valence-electron chi connectivity index (χ2n) is 4.38. The molecule has 1 N–H and O–H groups in total. The second kappa shape index (κ2) is 4.58. The summed E-state index contributed by atoms with van der Waals surface area (Å²) >= 11 is 3.37. The Kier molecular flexibility index (Phi) is 2.92. The fourth-order valence-electron chi connectivity index (χ4n) is 2.20. The van der Waals surface area contributed by atoms with Gasteiger partial charge in [0.15, 0.2) is 5.78 Å². The zero-order chi connectivity index (χ0) is 12.5. The van der Waals surface area contributed by atoms with Crippen molar-refractivity contribution < 1.29 is 4.79 Å². The summed E-state index contributed by atoms with van der Waals surface area (Å²) in [6, 6.07) is 13.4. The van der Waals surface area contributed by atoms with E-state index in [1.807, 2.05) is 42.5 Å². The molecule has 0 atom stereocenters. The van der Waals surface area contributed by atoms with Crippen molar-refractivity contribution in [1.29, 1.82) is 0 Å². The maximum absolute atomic E-state index is 12.3. The number of ketones is 1. The molecular weight excluding hydrogens is 290 g/mol. The van der Waals surface area contributed by atoms with Crippen LogP contribution in [0.4, 0.5) is 5.69 Å². The minimum atomic E-state index is 0.0685. The quantitative estimate of drug-likeness (QED) is 0.858. The molecule has 1 aliphatic heterocycles. The van der Waals surface area contributed by atoms with Crippen molar-refractivity contribution in [3.05, 3.63) is 63.6 Å². The Morgan fingerprint density at radius 2 is 1.78 bits per heavy atom. The number of nitrogens with one attached hydrogen (secondary N) is 1. The standard InChI is InChI=1S/C15H12BrNO/c16-13-5-3-11(4-6-13)15(18)12-2-1-10-7-8-17-14(10)9-12/h1-6,9,17H,7-8H2. The van der Waals surface area contributed by atoms with Gasteiger partial charge in [0.2, 0.25) is 0 Å². The molecule has 0 bridgehead atoms. The zero-order valence-electron chi connectivity index (χ0n) is 9.74. The Bertz CT molecular complexity index is 604. The molecule has 2 aromatic carbocycles. The van der Waals surface area contributed by atoms with Gasteiger partial charge < -0.3 is 5.32 Å². The van der Waals surface area contributed by atoms with Gasteiger partial charge in [-0.05, 0) is 42.3 Å². The van der Waals surface area contributed by atoms with E-state index in [2.05, 4.69) is 21.2 Å². The van der Waals surface area contributed by atoms with Gasteiger partial charge in [0.25, 0.3) is 0 Å². The van der Waals surface area contributed by atoms with Crippen molar-refractivity contribution in [3.8, 4) is 0 Å². The van der Waals surface area contributed by atoms with Crippen LogP contribution in [0.15, 0.2) is 46.9 Å². The van der Waals surface area contributed by atoms with Crippen molar-refractivity contribution >= 4 is 27.4 Å². The predicted molar refractivity (Wildman–Crippen MR) is 76.2 cm³/mol. The first-order valence-corrected chi connectivity index (χ1v) is 6.70. The SMILES string of the molecule is O=C(c1ccc(Br)cc1)c1ccc2c(c1)NCC2. The molecule has 3 heteroatoms. The lowest BCUT2D eigenvalue weighted by molar-refractivity contribution is 0.103. The highest BCUT2D eigenvalue weighted by molar-refractivity contribution is 9.10. The van der Waals surface area contributed by atoms with Crippen LogP contribution < -0.4 is 5.32 Å². The molecule has 2 aromatic rings. The zero-order valence-corrected chi connectivity index (χ0v) is 11.3. The Hall–Kier alpha value is -1.61. The van der Waals surface area contributed by atoms with Crippen LogP contribution in [0.5, 0.6) is 0 Å². The summed E-state index contributed by atoms with van der Waals surface area (Å²) in [7, 11) is 0. The van der Waals surface area contributed by atoms with Crippen LogP contribution in [0.25, 0.3) is 0 Å². The van der Waals surface area contributed by atoms with Gasteiger partial charge in [-0.2, -0.15) is 0 Å². The number of carbonyl (C=O) groups is 1. The summed E-state index contributed by atoms with van der Waals surface area (Å²) in [5.74, 6) is 0.0685. The summed E-state index contributed by atoms with van der Waals surface area (Å²) in [6.45, 7) is 0.964. The number of halogens is 1. The third-order valence-electron chi connectivity index (χ3n) is 3.19. The van der Waals surface area contributed by atoms with E-state index >= 15 is 0 Å². The molecular formula is C15H12BrNO. The molecule has 0 aromatic heterocycles. The first-order valence-electron chi connectivity index (χ1n) is 5.91. The number of benzene rings is 2. The summed E-state index contributed by atoms with van der Waals surface area (Å²) in [5.41, 5.74) is 3.85. The first-order chi connectivity index (χ1) is 8.74. The topological polar surface area (TPSA) is 29.1 Å². The van der Waals surface area contributed by atoms with Crippen LogP contribution >= 0.6 is 15.9 Å². The molecule has 0 saturated heterocycles. The van der Waals surface area contributed by atoms with Crippen LogP contribution in [0.3, 0.4) is 0 Å². The number of rotatable bonds is 2. The predicted octanol–water partition coefficient (Wildman–Crippen LogP) is 3.65. The van der Waals surface area contributed by atoms with Crippen LogP contribution in [0, 0.1) is 0 Å². The fourth-order valence-corrected chi connectivity index (χ4v) is 2.46. The summed E-state index contributed by atoms with van der Waals surface area (Å²) in [4.78, 5) is 12.3. The van der Waals surface area contributed by atoms with Gasteiger partial charge in [-0.1, -0.05) is 28.1 Å². The highest BCUT2D eigenvalue weighted by atomic mass is 79.9. The third kappa shape index (κ3) is 2.06. The lowest BCUT2D eigenvalue weighted by atomic mass is 10.0. The molecule has 0 saturated carbocycles. The molecule has 0 aliphatic carbocycles. The molecule has 90 valence electrons. The lowest BCUT2D eigenvalue weighted by Crippen LogP contribution is -2.01. The minimum Gasteiger partial charge on any atom is -0.384 e. The molecule has 0 radical (unpaired) electrons. The summed E-state index contributed by atoms with van der Waals surface area (Å²) < 4.78 is 0.981.